The van der Waals surface area contributed by atoms with Crippen LogP contribution in [0, 0.1) is 35.5 Å². The first kappa shape index (κ1) is 60.1. The Morgan fingerprint density at radius 3 is 2.34 bits per heavy atom. The minimum absolute atomic E-state index is 0.00188. The number of fused-ring (bicyclic) bond motifs is 3. The maximum Gasteiger partial charge on any atom is 0.407 e. The number of aliphatic hydroxyl groups is 2. The van der Waals surface area contributed by atoms with Crippen molar-refractivity contribution < 1.29 is 71.8 Å². The molecule has 1 aromatic heterocycles. The zero-order valence-corrected chi connectivity index (χ0v) is 45.3. The molecule has 1 aromatic rings. The summed E-state index contributed by atoms with van der Waals surface area (Å²) < 4.78 is 40.9. The molecule has 2 amide bonds. The van der Waals surface area contributed by atoms with Crippen molar-refractivity contribution >= 4 is 35.3 Å². The van der Waals surface area contributed by atoms with Crippen LogP contribution in [0.4, 0.5) is 4.79 Å². The van der Waals surface area contributed by atoms with E-state index in [4.69, 9.17) is 32.8 Å². The van der Waals surface area contributed by atoms with E-state index in [1.165, 1.54) is 18.3 Å². The smallest absolute Gasteiger partial charge is 0.407 e. The highest BCUT2D eigenvalue weighted by atomic mass is 16.6. The molecule has 74 heavy (non-hydrogen) atoms. The van der Waals surface area contributed by atoms with Crippen LogP contribution in [0.3, 0.4) is 0 Å². The summed E-state index contributed by atoms with van der Waals surface area (Å²) >= 11 is 0. The van der Waals surface area contributed by atoms with Gasteiger partial charge in [0.15, 0.2) is 5.78 Å². The molecule has 3 N–H and O–H groups in total. The SMILES string of the molecule is CO[C@H]1C[C@@H]2CC[C@@H](C)[C@@](O)(O2)C(=O)C(=O)N2CCCC[C@H]2C(=O)O[C@H]([C@H](C)CC2CC[C@H](OC(=O)NCc3ccco3)[C@@H](OC)C2)CC(=O)[C@H](C)/C=C(\C)[C@@H](O)[C@@H](OC)C(=O)[C@H](C)C[C@H](C)/C=C/C=C/C=C/1C. The molecular weight excluding hydrogens is 953 g/mol. The second-order valence-electron chi connectivity index (χ2n) is 21.4. The second-order valence-corrected chi connectivity index (χ2v) is 21.4. The largest absolute Gasteiger partial charge is 0.467 e. The third-order valence-corrected chi connectivity index (χ3v) is 15.7. The van der Waals surface area contributed by atoms with Crippen molar-refractivity contribution in [3.05, 3.63) is 71.8 Å². The van der Waals surface area contributed by atoms with Gasteiger partial charge in [-0.2, -0.15) is 0 Å². The van der Waals surface area contributed by atoms with Gasteiger partial charge < -0.3 is 53.3 Å². The minimum atomic E-state index is -2.46. The van der Waals surface area contributed by atoms with Crippen LogP contribution in [0.25, 0.3) is 0 Å². The number of nitrogens with one attached hydrogen (secondary N) is 1. The van der Waals surface area contributed by atoms with E-state index in [0.717, 1.165) is 5.57 Å². The number of furan rings is 1. The molecule has 412 valence electrons. The summed E-state index contributed by atoms with van der Waals surface area (Å²) in [7, 11) is 4.50. The molecule has 1 unspecified atom stereocenters. The minimum Gasteiger partial charge on any atom is -0.467 e. The molecule has 2 bridgehead atoms. The Bertz CT molecular complexity index is 2170. The highest BCUT2D eigenvalue weighted by molar-refractivity contribution is 6.39. The van der Waals surface area contributed by atoms with Gasteiger partial charge in [0.1, 0.15) is 42.0 Å². The maximum absolute atomic E-state index is 14.6. The predicted octanol–water partition coefficient (Wildman–Crippen LogP) is 7.71. The number of carbonyl (C=O) groups is 6. The molecule has 1 saturated carbocycles. The number of alkyl carbamates (subject to hydrolysis) is 1. The number of allylic oxidation sites excluding steroid dienone is 6. The molecule has 0 spiro atoms. The first-order valence-electron chi connectivity index (χ1n) is 26.7. The topological polar surface area (TPSA) is 227 Å². The van der Waals surface area contributed by atoms with Gasteiger partial charge in [-0.3, -0.25) is 19.2 Å². The zero-order valence-electron chi connectivity index (χ0n) is 45.3. The third kappa shape index (κ3) is 16.1. The van der Waals surface area contributed by atoms with Crippen molar-refractivity contribution in [1.82, 2.24) is 10.2 Å². The van der Waals surface area contributed by atoms with Crippen LogP contribution in [0.1, 0.15) is 131 Å². The Morgan fingerprint density at radius 2 is 1.65 bits per heavy atom. The van der Waals surface area contributed by atoms with Crippen molar-refractivity contribution in [1.29, 1.82) is 0 Å². The van der Waals surface area contributed by atoms with Gasteiger partial charge in [-0.1, -0.05) is 71.1 Å². The molecule has 4 aliphatic rings. The van der Waals surface area contributed by atoms with Gasteiger partial charge in [-0.25, -0.2) is 9.59 Å². The van der Waals surface area contributed by atoms with Crippen LogP contribution in [0.5, 0.6) is 0 Å². The Kier molecular flexibility index (Phi) is 23.0. The van der Waals surface area contributed by atoms with Crippen molar-refractivity contribution in [2.75, 3.05) is 27.9 Å². The van der Waals surface area contributed by atoms with E-state index in [1.807, 2.05) is 58.1 Å². The van der Waals surface area contributed by atoms with E-state index >= 15 is 0 Å². The van der Waals surface area contributed by atoms with Gasteiger partial charge >= 0.3 is 12.1 Å². The van der Waals surface area contributed by atoms with Gasteiger partial charge in [-0.05, 0) is 119 Å². The zero-order chi connectivity index (χ0) is 54.3. The average Bonchev–Trinajstić information content (AvgIpc) is 3.91. The summed E-state index contributed by atoms with van der Waals surface area (Å²) in [5.74, 6) is -7.79. The van der Waals surface area contributed by atoms with E-state index in [9.17, 15) is 39.0 Å². The fraction of sp³-hybridized carbons (Fsp3) is 0.684. The highest BCUT2D eigenvalue weighted by Crippen LogP contribution is 2.38. The van der Waals surface area contributed by atoms with Crippen molar-refractivity contribution in [2.24, 2.45) is 35.5 Å². The van der Waals surface area contributed by atoms with Crippen LogP contribution in [0.15, 0.2) is 70.4 Å². The van der Waals surface area contributed by atoms with Crippen LogP contribution < -0.4 is 5.32 Å². The van der Waals surface area contributed by atoms with Crippen LogP contribution in [0.2, 0.25) is 0 Å². The number of nitrogens with zero attached hydrogens (tertiary/aromatic N) is 1. The van der Waals surface area contributed by atoms with Crippen LogP contribution in [-0.2, 0) is 58.9 Å². The number of hydrogen-bond acceptors (Lipinski definition) is 15. The quantitative estimate of drug-likeness (QED) is 0.122. The number of aliphatic hydroxyl groups excluding tert-OH is 1. The molecule has 4 heterocycles. The summed E-state index contributed by atoms with van der Waals surface area (Å²) in [4.78, 5) is 85.3. The molecule has 17 nitrogen and oxygen atoms in total. The van der Waals surface area contributed by atoms with E-state index < -0.39 is 102 Å². The molecular formula is C57H84N2O15. The first-order valence-corrected chi connectivity index (χ1v) is 26.7. The number of piperidine rings is 1. The molecule has 17 heteroatoms. The Morgan fingerprint density at radius 1 is 0.892 bits per heavy atom. The molecule has 1 aliphatic carbocycles. The van der Waals surface area contributed by atoms with E-state index in [-0.39, 0.29) is 49.3 Å². The Labute approximate surface area is 437 Å². The molecule has 0 radical (unpaired) electrons. The number of rotatable bonds is 9. The lowest BCUT2D eigenvalue weighted by Crippen LogP contribution is -2.61. The molecule has 15 atom stereocenters. The summed E-state index contributed by atoms with van der Waals surface area (Å²) in [6.07, 6.45) is 11.4. The normalized spacial score (nSPS) is 36.8. The van der Waals surface area contributed by atoms with E-state index in [0.29, 0.717) is 75.5 Å². The van der Waals surface area contributed by atoms with Crippen LogP contribution >= 0.6 is 0 Å². The lowest BCUT2D eigenvalue weighted by atomic mass is 9.78. The number of hydrogen-bond donors (Lipinski definition) is 3. The van der Waals surface area contributed by atoms with Crippen molar-refractivity contribution in [3.8, 4) is 0 Å². The van der Waals surface area contributed by atoms with Gasteiger partial charge in [0.25, 0.3) is 11.7 Å². The summed E-state index contributed by atoms with van der Waals surface area (Å²) in [5.41, 5.74) is 1.24. The summed E-state index contributed by atoms with van der Waals surface area (Å²) in [6.45, 7) is 12.8. The monoisotopic (exact) mass is 1040 g/mol. The number of Topliss-reactive ketones (excluding diaryl/α,β-unsaturated/α-hetero) is 3. The number of esters is 1. The molecule has 5 rings (SSSR count). The fourth-order valence-corrected chi connectivity index (χ4v) is 11.0. The van der Waals surface area contributed by atoms with Gasteiger partial charge in [0.05, 0.1) is 31.1 Å². The Balaban J connectivity index is 1.42. The van der Waals surface area contributed by atoms with Crippen LogP contribution in [-0.4, -0.2) is 133 Å². The number of ketones is 3. The Hall–Kier alpha value is -4.78. The second kappa shape index (κ2) is 28.4. The fourth-order valence-electron chi connectivity index (χ4n) is 11.0. The average molecular weight is 1040 g/mol. The number of amides is 2. The summed E-state index contributed by atoms with van der Waals surface area (Å²) in [5, 5.41) is 26.2. The third-order valence-electron chi connectivity index (χ3n) is 15.7. The molecule has 2 saturated heterocycles. The number of ether oxygens (including phenoxy) is 6. The lowest BCUT2D eigenvalue weighted by molar-refractivity contribution is -0.265. The predicted molar refractivity (Wildman–Crippen MR) is 275 cm³/mol. The maximum atomic E-state index is 14.6. The first-order chi connectivity index (χ1) is 35.2. The van der Waals surface area contributed by atoms with Crippen molar-refractivity contribution in [3.63, 3.8) is 0 Å². The molecule has 3 aliphatic heterocycles. The van der Waals surface area contributed by atoms with E-state index in [2.05, 4.69) is 5.32 Å². The van der Waals surface area contributed by atoms with Crippen molar-refractivity contribution in [2.45, 2.75) is 187 Å². The molecule has 3 fully saturated rings. The van der Waals surface area contributed by atoms with Gasteiger partial charge in [-0.15, -0.1) is 0 Å². The van der Waals surface area contributed by atoms with Gasteiger partial charge in [0.2, 0.25) is 5.79 Å². The summed E-state index contributed by atoms with van der Waals surface area (Å²) in [6, 6.07) is 2.29. The highest BCUT2D eigenvalue weighted by Gasteiger charge is 2.53. The number of cyclic esters (lactones) is 1. The van der Waals surface area contributed by atoms with E-state index in [1.54, 1.807) is 53.2 Å². The number of carbonyl (C=O) groups excluding carboxylic acids is 6. The molecule has 0 aromatic carbocycles. The standard InChI is InChI=1S/C57H84N2O15/c1-34-17-12-11-13-18-35(2)47(68-8)31-42-23-21-40(7)57(67,74-42)53(63)54(64)59-25-15-14-20-44(59)55(65)72-48(32-45(60)36(3)28-39(6)51(62)52(70-10)50(61)38(5)27-34)37(4)29-41-22-24-46(49(30-41)69-9)73-56(66)58-33-43-19-16-26-71-43/h11-13,16-19,26,28,34,36-38,40-42,44,46-49,51-52,62,67H,14-15,20-25,27,29-33H2,1-10H3,(H,58,66)/b13-11+,17-12+,35-18+,39-28+/t34-,36-,37-,38-,40-,41?,42+,44+,46+,47+,48+,49+,51-,52+,57-/m1/s1. The number of methoxy groups -OCH3 is 3. The van der Waals surface area contributed by atoms with Gasteiger partial charge in [0, 0.05) is 58.5 Å². The lowest BCUT2D eigenvalue weighted by Gasteiger charge is -2.42.